The first-order chi connectivity index (χ1) is 15.2. The summed E-state index contributed by atoms with van der Waals surface area (Å²) in [6.07, 6.45) is 1.54. The topological polar surface area (TPSA) is 55.2 Å². The molecule has 3 aromatic carbocycles. The van der Waals surface area contributed by atoms with Crippen LogP contribution in [0.15, 0.2) is 84.9 Å². The second-order valence-electron chi connectivity index (χ2n) is 7.50. The average molecular weight is 411 g/mol. The lowest BCUT2D eigenvalue weighted by Gasteiger charge is -2.13. The molecule has 31 heavy (non-hydrogen) atoms. The summed E-state index contributed by atoms with van der Waals surface area (Å²) in [7, 11) is 0. The second kappa shape index (κ2) is 10.0. The molecule has 1 N–H and O–H groups in total. The normalized spacial score (nSPS) is 10.8. The molecule has 0 spiro atoms. The van der Waals surface area contributed by atoms with Crippen molar-refractivity contribution in [2.75, 3.05) is 0 Å². The van der Waals surface area contributed by atoms with E-state index >= 15 is 0 Å². The fraction of sp³-hybridized carbons (Fsp3) is 0.185. The number of aryl methyl sites for hydroxylation is 3. The SMILES string of the molecule is Cc1nc(CCc2ccc(-c3ccccc3)cc2)nc(CO)c1OCc1ccccc1. The van der Waals surface area contributed by atoms with Crippen molar-refractivity contribution < 1.29 is 9.84 Å². The molecule has 4 rings (SSSR count). The third-order valence-corrected chi connectivity index (χ3v) is 5.23. The molecule has 0 radical (unpaired) electrons. The van der Waals surface area contributed by atoms with Gasteiger partial charge in [-0.05, 0) is 35.6 Å². The van der Waals surface area contributed by atoms with Crippen LogP contribution in [0.4, 0.5) is 0 Å². The van der Waals surface area contributed by atoms with E-state index < -0.39 is 0 Å². The molecule has 0 saturated carbocycles. The standard InChI is InChI=1S/C27H26N2O2/c1-20-27(31-19-22-8-4-2-5-9-22)25(18-30)29-26(28-20)17-14-21-12-15-24(16-13-21)23-10-6-3-7-11-23/h2-13,15-16,30H,14,17-19H2,1H3. The fourth-order valence-electron chi connectivity index (χ4n) is 3.57. The number of ether oxygens (including phenoxy) is 1. The van der Waals surface area contributed by atoms with E-state index in [0.717, 1.165) is 23.5 Å². The number of hydrogen-bond donors (Lipinski definition) is 1. The van der Waals surface area contributed by atoms with Gasteiger partial charge in [-0.3, -0.25) is 0 Å². The summed E-state index contributed by atoms with van der Waals surface area (Å²) in [6.45, 7) is 2.15. The summed E-state index contributed by atoms with van der Waals surface area (Å²) in [4.78, 5) is 9.19. The van der Waals surface area contributed by atoms with E-state index in [1.165, 1.54) is 16.7 Å². The molecule has 0 bridgehead atoms. The van der Waals surface area contributed by atoms with Crippen molar-refractivity contribution in [1.82, 2.24) is 9.97 Å². The van der Waals surface area contributed by atoms with Gasteiger partial charge in [0.15, 0.2) is 5.75 Å². The van der Waals surface area contributed by atoms with Gasteiger partial charge in [0, 0.05) is 6.42 Å². The average Bonchev–Trinajstić information content (AvgIpc) is 2.83. The largest absolute Gasteiger partial charge is 0.485 e. The van der Waals surface area contributed by atoms with E-state index in [1.54, 1.807) is 0 Å². The smallest absolute Gasteiger partial charge is 0.164 e. The first-order valence-electron chi connectivity index (χ1n) is 10.5. The Hall–Kier alpha value is -3.50. The lowest BCUT2D eigenvalue weighted by molar-refractivity contribution is 0.250. The molecular weight excluding hydrogens is 384 g/mol. The van der Waals surface area contributed by atoms with Crippen molar-refractivity contribution in [3.63, 3.8) is 0 Å². The minimum absolute atomic E-state index is 0.174. The number of aliphatic hydroxyl groups excluding tert-OH is 1. The lowest BCUT2D eigenvalue weighted by atomic mass is 10.0. The zero-order valence-electron chi connectivity index (χ0n) is 17.7. The van der Waals surface area contributed by atoms with Gasteiger partial charge in [0.1, 0.15) is 18.1 Å². The molecule has 156 valence electrons. The Morgan fingerprint density at radius 3 is 2.03 bits per heavy atom. The zero-order valence-corrected chi connectivity index (χ0v) is 17.7. The monoisotopic (exact) mass is 410 g/mol. The highest BCUT2D eigenvalue weighted by Crippen LogP contribution is 2.23. The number of hydrogen-bond acceptors (Lipinski definition) is 4. The van der Waals surface area contributed by atoms with Crippen LogP contribution in [0.25, 0.3) is 11.1 Å². The molecule has 0 atom stereocenters. The highest BCUT2D eigenvalue weighted by Gasteiger charge is 2.13. The van der Waals surface area contributed by atoms with E-state index in [1.807, 2.05) is 43.3 Å². The van der Waals surface area contributed by atoms with Gasteiger partial charge in [0.25, 0.3) is 0 Å². The van der Waals surface area contributed by atoms with Gasteiger partial charge in [-0.15, -0.1) is 0 Å². The van der Waals surface area contributed by atoms with Crippen molar-refractivity contribution in [1.29, 1.82) is 0 Å². The maximum absolute atomic E-state index is 9.82. The molecule has 4 heteroatoms. The Balaban J connectivity index is 1.42. The minimum atomic E-state index is -0.174. The molecular formula is C27H26N2O2. The number of rotatable bonds is 8. The van der Waals surface area contributed by atoms with Gasteiger partial charge in [-0.25, -0.2) is 9.97 Å². The van der Waals surface area contributed by atoms with Gasteiger partial charge in [-0.1, -0.05) is 84.9 Å². The first-order valence-corrected chi connectivity index (χ1v) is 10.5. The van der Waals surface area contributed by atoms with Gasteiger partial charge in [0.05, 0.1) is 12.3 Å². The van der Waals surface area contributed by atoms with E-state index in [4.69, 9.17) is 4.74 Å². The quantitative estimate of drug-likeness (QED) is 0.428. The Bertz CT molecular complexity index is 1110. The summed E-state index contributed by atoms with van der Waals surface area (Å²) in [6, 6.07) is 28.9. The predicted molar refractivity (Wildman–Crippen MR) is 123 cm³/mol. The van der Waals surface area contributed by atoms with E-state index in [0.29, 0.717) is 24.5 Å². The molecule has 0 saturated heterocycles. The van der Waals surface area contributed by atoms with Crippen LogP contribution in [-0.4, -0.2) is 15.1 Å². The maximum atomic E-state index is 9.82. The van der Waals surface area contributed by atoms with Crippen molar-refractivity contribution in [3.8, 4) is 16.9 Å². The fourth-order valence-corrected chi connectivity index (χ4v) is 3.57. The van der Waals surface area contributed by atoms with E-state index in [-0.39, 0.29) is 6.61 Å². The molecule has 0 aliphatic carbocycles. The third kappa shape index (κ3) is 5.36. The van der Waals surface area contributed by atoms with Crippen LogP contribution in [0.5, 0.6) is 5.75 Å². The van der Waals surface area contributed by atoms with Crippen LogP contribution in [0.2, 0.25) is 0 Å². The highest BCUT2D eigenvalue weighted by molar-refractivity contribution is 5.63. The van der Waals surface area contributed by atoms with Gasteiger partial charge in [0.2, 0.25) is 0 Å². The molecule has 0 aliphatic rings. The Kier molecular flexibility index (Phi) is 6.70. The Labute approximate surface area is 183 Å². The Morgan fingerprint density at radius 2 is 1.35 bits per heavy atom. The summed E-state index contributed by atoms with van der Waals surface area (Å²) >= 11 is 0. The summed E-state index contributed by atoms with van der Waals surface area (Å²) < 4.78 is 5.93. The summed E-state index contributed by atoms with van der Waals surface area (Å²) in [5.74, 6) is 1.29. The van der Waals surface area contributed by atoms with Gasteiger partial charge < -0.3 is 9.84 Å². The Morgan fingerprint density at radius 1 is 0.710 bits per heavy atom. The van der Waals surface area contributed by atoms with Crippen molar-refractivity contribution in [3.05, 3.63) is 113 Å². The minimum Gasteiger partial charge on any atom is -0.485 e. The molecule has 1 aromatic heterocycles. The van der Waals surface area contributed by atoms with E-state index in [9.17, 15) is 5.11 Å². The van der Waals surface area contributed by atoms with Crippen LogP contribution >= 0.6 is 0 Å². The molecule has 4 nitrogen and oxygen atoms in total. The van der Waals surface area contributed by atoms with Crippen molar-refractivity contribution in [2.45, 2.75) is 33.0 Å². The lowest BCUT2D eigenvalue weighted by Crippen LogP contribution is -2.08. The van der Waals surface area contributed by atoms with E-state index in [2.05, 4.69) is 58.5 Å². The van der Waals surface area contributed by atoms with Crippen LogP contribution in [0.1, 0.15) is 28.3 Å². The highest BCUT2D eigenvalue weighted by atomic mass is 16.5. The second-order valence-corrected chi connectivity index (χ2v) is 7.50. The van der Waals surface area contributed by atoms with Crippen LogP contribution in [0.3, 0.4) is 0 Å². The number of benzene rings is 3. The van der Waals surface area contributed by atoms with Crippen LogP contribution < -0.4 is 4.74 Å². The zero-order chi connectivity index (χ0) is 21.5. The number of nitrogens with zero attached hydrogens (tertiary/aromatic N) is 2. The van der Waals surface area contributed by atoms with Crippen molar-refractivity contribution in [2.24, 2.45) is 0 Å². The molecule has 1 heterocycles. The molecule has 4 aromatic rings. The molecule has 0 fully saturated rings. The summed E-state index contributed by atoms with van der Waals surface area (Å²) in [5.41, 5.74) is 6.01. The van der Waals surface area contributed by atoms with Gasteiger partial charge in [-0.2, -0.15) is 0 Å². The number of aromatic nitrogens is 2. The van der Waals surface area contributed by atoms with Gasteiger partial charge >= 0.3 is 0 Å². The number of aliphatic hydroxyl groups is 1. The molecule has 0 aliphatic heterocycles. The molecule has 0 amide bonds. The molecule has 0 unspecified atom stereocenters. The first kappa shape index (κ1) is 20.8. The van der Waals surface area contributed by atoms with Crippen molar-refractivity contribution >= 4 is 0 Å². The predicted octanol–water partition coefficient (Wildman–Crippen LogP) is 5.31. The summed E-state index contributed by atoms with van der Waals surface area (Å²) in [5, 5.41) is 9.82. The third-order valence-electron chi connectivity index (χ3n) is 5.23. The maximum Gasteiger partial charge on any atom is 0.164 e. The van der Waals surface area contributed by atoms with Crippen LogP contribution in [-0.2, 0) is 26.1 Å². The van der Waals surface area contributed by atoms with Crippen LogP contribution in [0, 0.1) is 6.92 Å².